The number of hydrogen-bond donors (Lipinski definition) is 6. The van der Waals surface area contributed by atoms with Crippen LogP contribution in [0.3, 0.4) is 0 Å². The number of aliphatic carboxylic acids is 1. The fraction of sp³-hybridized carbons (Fsp3) is 0.348. The highest BCUT2D eigenvalue weighted by molar-refractivity contribution is 6.32. The van der Waals surface area contributed by atoms with E-state index in [1.54, 1.807) is 42.5 Å². The summed E-state index contributed by atoms with van der Waals surface area (Å²) < 4.78 is 5.62. The van der Waals surface area contributed by atoms with Crippen LogP contribution in [0.15, 0.2) is 47.5 Å². The predicted octanol–water partition coefficient (Wildman–Crippen LogP) is 3.10. The number of urea groups is 1. The van der Waals surface area contributed by atoms with E-state index in [2.05, 4.69) is 20.9 Å². The summed E-state index contributed by atoms with van der Waals surface area (Å²) in [4.78, 5) is 28.3. The van der Waals surface area contributed by atoms with Gasteiger partial charge in [-0.15, -0.1) is 0 Å². The summed E-state index contributed by atoms with van der Waals surface area (Å²) >= 11 is 12.2. The van der Waals surface area contributed by atoms with Gasteiger partial charge in [-0.25, -0.2) is 9.79 Å². The van der Waals surface area contributed by atoms with E-state index in [0.717, 1.165) is 5.56 Å². The fourth-order valence-corrected chi connectivity index (χ4v) is 3.06. The molecule has 6 N–H and O–H groups in total. The van der Waals surface area contributed by atoms with Gasteiger partial charge < -0.3 is 30.7 Å². The molecular formula is C23H28Cl2N4O6. The minimum Gasteiger partial charge on any atom is -0.489 e. The number of benzene rings is 2. The van der Waals surface area contributed by atoms with Crippen molar-refractivity contribution in [3.8, 4) is 5.75 Å². The molecule has 0 fully saturated rings. The number of carboxylic acids is 1. The highest BCUT2D eigenvalue weighted by Gasteiger charge is 2.38. The van der Waals surface area contributed by atoms with E-state index in [1.807, 2.05) is 13.8 Å². The van der Waals surface area contributed by atoms with Gasteiger partial charge in [0.25, 0.3) is 0 Å². The first-order valence-corrected chi connectivity index (χ1v) is 11.4. The summed E-state index contributed by atoms with van der Waals surface area (Å²) in [6.45, 7) is 1.70. The summed E-state index contributed by atoms with van der Waals surface area (Å²) in [5.74, 6) is -0.911. The van der Waals surface area contributed by atoms with Gasteiger partial charge in [-0.2, -0.15) is 0 Å². The van der Waals surface area contributed by atoms with Crippen molar-refractivity contribution in [1.82, 2.24) is 10.6 Å². The number of nitrogens with zero attached hydrogens (tertiary/aromatic N) is 1. The Bertz CT molecular complexity index is 1040. The Morgan fingerprint density at radius 1 is 1.09 bits per heavy atom. The Hall–Kier alpha value is -3.05. The lowest BCUT2D eigenvalue weighted by Crippen LogP contribution is -2.51. The smallest absolute Gasteiger partial charge is 0.321 e. The Balaban J connectivity index is 2.19. The monoisotopic (exact) mass is 526 g/mol. The van der Waals surface area contributed by atoms with E-state index >= 15 is 0 Å². The van der Waals surface area contributed by atoms with Crippen LogP contribution in [0.5, 0.6) is 5.75 Å². The average molecular weight is 527 g/mol. The summed E-state index contributed by atoms with van der Waals surface area (Å²) in [6.07, 6.45) is -0.0658. The first-order valence-electron chi connectivity index (χ1n) is 10.6. The Labute approximate surface area is 212 Å². The number of ether oxygens (including phenoxy) is 1. The normalized spacial score (nSPS) is 11.8. The first-order chi connectivity index (χ1) is 16.6. The number of rotatable bonds is 10. The zero-order chi connectivity index (χ0) is 26.0. The minimum absolute atomic E-state index is 0.0416. The molecule has 0 aliphatic heterocycles. The molecular weight excluding hydrogens is 499 g/mol. The molecule has 12 heteroatoms. The highest BCUT2D eigenvalue weighted by atomic mass is 35.5. The van der Waals surface area contributed by atoms with Crippen molar-refractivity contribution >= 4 is 46.8 Å². The van der Waals surface area contributed by atoms with Crippen molar-refractivity contribution in [3.05, 3.63) is 58.1 Å². The van der Waals surface area contributed by atoms with Gasteiger partial charge in [0.05, 0.1) is 30.9 Å². The van der Waals surface area contributed by atoms with Crippen LogP contribution in [-0.2, 0) is 11.3 Å². The number of aliphatic imine (C=N–C) groups is 1. The van der Waals surface area contributed by atoms with E-state index in [1.165, 1.54) is 0 Å². The lowest BCUT2D eigenvalue weighted by Gasteiger charge is -2.25. The van der Waals surface area contributed by atoms with Crippen molar-refractivity contribution in [2.45, 2.75) is 26.5 Å². The molecule has 0 unspecified atom stereocenters. The quantitative estimate of drug-likeness (QED) is 0.205. The third-order valence-corrected chi connectivity index (χ3v) is 5.32. The largest absolute Gasteiger partial charge is 0.489 e. The Morgan fingerprint density at radius 3 is 2.29 bits per heavy atom. The van der Waals surface area contributed by atoms with Gasteiger partial charge in [-0.3, -0.25) is 10.1 Å². The van der Waals surface area contributed by atoms with Gasteiger partial charge >= 0.3 is 12.0 Å². The van der Waals surface area contributed by atoms with Crippen LogP contribution in [0.1, 0.15) is 19.4 Å². The number of carbonyl (C=O) groups is 2. The second-order valence-electron chi connectivity index (χ2n) is 7.94. The third-order valence-electron chi connectivity index (χ3n) is 4.77. The second kappa shape index (κ2) is 13.1. The van der Waals surface area contributed by atoms with E-state index in [-0.39, 0.29) is 18.6 Å². The summed E-state index contributed by atoms with van der Waals surface area (Å²) in [5, 5.41) is 36.8. The summed E-state index contributed by atoms with van der Waals surface area (Å²) in [7, 11) is 0. The van der Waals surface area contributed by atoms with Crippen molar-refractivity contribution in [2.24, 2.45) is 10.4 Å². The van der Waals surface area contributed by atoms with Crippen LogP contribution in [-0.4, -0.2) is 59.1 Å². The molecule has 0 aliphatic carbocycles. The minimum atomic E-state index is -1.93. The fourth-order valence-electron chi connectivity index (χ4n) is 2.71. The molecule has 0 saturated carbocycles. The predicted molar refractivity (Wildman–Crippen MR) is 134 cm³/mol. The maximum Gasteiger partial charge on any atom is 0.321 e. The number of halogens is 2. The molecule has 2 rings (SSSR count). The van der Waals surface area contributed by atoms with Crippen molar-refractivity contribution in [3.63, 3.8) is 0 Å². The van der Waals surface area contributed by atoms with E-state index in [9.17, 15) is 24.9 Å². The maximum absolute atomic E-state index is 12.5. The van der Waals surface area contributed by atoms with Crippen LogP contribution >= 0.6 is 23.2 Å². The third kappa shape index (κ3) is 8.59. The van der Waals surface area contributed by atoms with Crippen LogP contribution in [0, 0.1) is 5.41 Å². The van der Waals surface area contributed by atoms with Crippen molar-refractivity contribution < 1.29 is 29.6 Å². The van der Waals surface area contributed by atoms with Crippen LogP contribution < -0.4 is 20.7 Å². The molecule has 0 atom stereocenters. The van der Waals surface area contributed by atoms with Gasteiger partial charge in [0.15, 0.2) is 0 Å². The molecule has 2 aromatic rings. The second-order valence-corrected chi connectivity index (χ2v) is 8.78. The van der Waals surface area contributed by atoms with Crippen LogP contribution in [0.25, 0.3) is 0 Å². The number of hydrogen-bond acceptors (Lipinski definition) is 6. The van der Waals surface area contributed by atoms with Crippen molar-refractivity contribution in [2.75, 3.05) is 25.1 Å². The van der Waals surface area contributed by atoms with Gasteiger partial charge in [0, 0.05) is 17.3 Å². The standard InChI is InChI=1S/C23H28Cl2N4O6/c1-14(2)35-19-8-7-17(9-18(19)25)28-21(26-10-15-3-5-16(24)6-4-15)29-22(34)27-11-23(12-30,13-31)20(32)33/h3-9,14,30-31H,10-13H2,1-2H3,(H,32,33)(H3,26,27,28,29,34). The summed E-state index contributed by atoms with van der Waals surface area (Å²) in [5.41, 5.74) is -0.600. The molecule has 0 aromatic heterocycles. The van der Waals surface area contributed by atoms with E-state index in [4.69, 9.17) is 27.9 Å². The number of carboxylic acid groups (broad SMARTS) is 1. The molecule has 190 valence electrons. The zero-order valence-electron chi connectivity index (χ0n) is 19.2. The van der Waals surface area contributed by atoms with E-state index in [0.29, 0.717) is 21.5 Å². The van der Waals surface area contributed by atoms with Gasteiger partial charge in [-0.1, -0.05) is 35.3 Å². The molecule has 0 heterocycles. The molecule has 0 spiro atoms. The average Bonchev–Trinajstić information content (AvgIpc) is 2.81. The van der Waals surface area contributed by atoms with Gasteiger partial charge in [0.2, 0.25) is 5.96 Å². The van der Waals surface area contributed by atoms with Crippen LogP contribution in [0.2, 0.25) is 10.0 Å². The number of nitrogens with one attached hydrogen (secondary N) is 3. The molecule has 0 radical (unpaired) electrons. The molecule has 2 amide bonds. The number of aliphatic hydroxyl groups is 2. The lowest BCUT2D eigenvalue weighted by atomic mass is 9.90. The summed E-state index contributed by atoms with van der Waals surface area (Å²) in [6, 6.07) is 11.1. The van der Waals surface area contributed by atoms with Gasteiger partial charge in [0.1, 0.15) is 11.2 Å². The molecule has 35 heavy (non-hydrogen) atoms. The van der Waals surface area contributed by atoms with Gasteiger partial charge in [-0.05, 0) is 49.7 Å². The molecule has 2 aromatic carbocycles. The Morgan fingerprint density at radius 2 is 1.74 bits per heavy atom. The van der Waals surface area contributed by atoms with Crippen LogP contribution in [0.4, 0.5) is 10.5 Å². The Kier molecular flexibility index (Phi) is 10.6. The maximum atomic E-state index is 12.5. The number of anilines is 1. The number of aliphatic hydroxyl groups excluding tert-OH is 2. The molecule has 0 bridgehead atoms. The number of amides is 2. The van der Waals surface area contributed by atoms with Crippen molar-refractivity contribution in [1.29, 1.82) is 0 Å². The number of carbonyl (C=O) groups excluding carboxylic acids is 1. The molecule has 0 saturated heterocycles. The van der Waals surface area contributed by atoms with E-state index < -0.39 is 37.2 Å². The topological polar surface area (TPSA) is 153 Å². The first kappa shape index (κ1) is 28.2. The molecule has 10 nitrogen and oxygen atoms in total. The molecule has 0 aliphatic rings. The number of guanidine groups is 1. The lowest BCUT2D eigenvalue weighted by molar-refractivity contribution is -0.153. The highest BCUT2D eigenvalue weighted by Crippen LogP contribution is 2.28. The zero-order valence-corrected chi connectivity index (χ0v) is 20.7. The SMILES string of the molecule is CC(C)Oc1ccc(NC(=NCc2ccc(Cl)cc2)NC(=O)NCC(CO)(CO)C(=O)O)cc1Cl.